The summed E-state index contributed by atoms with van der Waals surface area (Å²) < 4.78 is 54.7. The predicted molar refractivity (Wildman–Crippen MR) is 338 cm³/mol. The number of ether oxygens (including phenoxy) is 3. The summed E-state index contributed by atoms with van der Waals surface area (Å²) in [4.78, 5) is 25.2. The molecule has 0 aromatic heterocycles. The Morgan fingerprint density at radius 2 is 0.729 bits per heavy atom. The van der Waals surface area contributed by atoms with Crippen LogP contribution in [0.1, 0.15) is 218 Å². The van der Waals surface area contributed by atoms with Gasteiger partial charge in [0, 0.05) is 0 Å². The molecule has 0 amide bonds. The van der Waals surface area contributed by atoms with Crippen LogP contribution in [0.15, 0.2) is 128 Å². The molecule has 2 fully saturated rings. The van der Waals surface area contributed by atoms with Gasteiger partial charge >= 0.3 is 0 Å². The van der Waals surface area contributed by atoms with Crippen molar-refractivity contribution in [1.29, 1.82) is 0 Å². The van der Waals surface area contributed by atoms with Crippen molar-refractivity contribution in [3.05, 3.63) is 128 Å². The third-order valence-electron chi connectivity index (χ3n) is 15.4. The zero-order valence-corrected chi connectivity index (χ0v) is 55.6. The van der Waals surface area contributed by atoms with Gasteiger partial charge in [0.05, 0.1) is 19.3 Å². The van der Waals surface area contributed by atoms with Crippen LogP contribution in [0.5, 0.6) is 0 Å². The third-order valence-corrected chi connectivity index (χ3v) is 17.9. The number of hydrogen-bond donors (Lipinski definition) is 6. The number of hydrogen-bond acceptors (Lipinski definition) is 16. The molecule has 0 radical (unpaired) electrons. The molecule has 6 N–H and O–H groups in total. The molecule has 0 aromatic carbocycles. The maximum absolute atomic E-state index is 12.7. The molecule has 0 saturated carbocycles. The summed E-state index contributed by atoms with van der Waals surface area (Å²) in [6.45, 7) is 26.1. The van der Waals surface area contributed by atoms with Crippen molar-refractivity contribution >= 4 is 15.6 Å². The van der Waals surface area contributed by atoms with Crippen LogP contribution in [0.25, 0.3) is 0 Å². The highest BCUT2D eigenvalue weighted by molar-refractivity contribution is 7.59. The van der Waals surface area contributed by atoms with Crippen molar-refractivity contribution in [1.82, 2.24) is 0 Å². The molecule has 2 aliphatic rings. The van der Waals surface area contributed by atoms with Gasteiger partial charge < -0.3 is 59.2 Å². The number of rotatable bonds is 40. The fraction of sp³-hybridized carbons (Fsp3) is 0.672. The highest BCUT2D eigenvalue weighted by atomic mass is 31.3. The average Bonchev–Trinajstić information content (AvgIpc) is 1.75. The summed E-state index contributed by atoms with van der Waals surface area (Å²) in [6.07, 6.45) is 28.1. The minimum absolute atomic E-state index is 0.545. The van der Waals surface area contributed by atoms with Crippen LogP contribution >= 0.6 is 15.6 Å². The van der Waals surface area contributed by atoms with Crippen LogP contribution in [-0.2, 0) is 36.7 Å². The molecule has 2 heterocycles. The van der Waals surface area contributed by atoms with Crippen LogP contribution in [0.4, 0.5) is 0 Å². The Balaban J connectivity index is 1.64. The zero-order chi connectivity index (χ0) is 63.7. The second-order valence-electron chi connectivity index (χ2n) is 24.0. The van der Waals surface area contributed by atoms with E-state index in [1.54, 1.807) is 6.92 Å². The van der Waals surface area contributed by atoms with Gasteiger partial charge in [0.2, 0.25) is 0 Å². The quantitative estimate of drug-likeness (QED) is 0.0246. The van der Waals surface area contributed by atoms with Gasteiger partial charge in [0.1, 0.15) is 42.7 Å². The molecule has 0 bridgehead atoms. The Kier molecular flexibility index (Phi) is 38.7. The molecular weight excluding hydrogens is 1120 g/mol. The van der Waals surface area contributed by atoms with E-state index in [-0.39, 0.29) is 0 Å². The molecule has 18 heteroatoms. The van der Waals surface area contributed by atoms with Gasteiger partial charge in [-0.05, 0) is 218 Å². The van der Waals surface area contributed by atoms with Gasteiger partial charge in [0.15, 0.2) is 12.6 Å². The summed E-state index contributed by atoms with van der Waals surface area (Å²) >= 11 is 0. The number of allylic oxidation sites excluding steroid dienone is 21. The Morgan fingerprint density at radius 1 is 0.412 bits per heavy atom. The number of aliphatic hydroxyl groups is 6. The lowest BCUT2D eigenvalue weighted by atomic mass is 9.97. The maximum atomic E-state index is 12.7. The van der Waals surface area contributed by atoms with Gasteiger partial charge in [0.25, 0.3) is 15.6 Å². The lowest BCUT2D eigenvalue weighted by Crippen LogP contribution is -2.64. The molecule has 2 rings (SSSR count). The summed E-state index contributed by atoms with van der Waals surface area (Å²) in [7, 11) is -11.4. The van der Waals surface area contributed by atoms with Crippen molar-refractivity contribution in [2.24, 2.45) is 0 Å². The standard InChI is InChI=1S/C67H112O16P2/c1-47(2)24-14-25-48(3)26-15-27-49(4)28-16-29-50(5)30-17-31-51(6)32-18-33-52(7)34-19-35-53(8)36-20-37-54(9)38-21-39-55(10)40-22-41-56(11)42-23-43-57(12)44-45-78-84(74,75)83-85(76,77)82-67-64(73)65(61(70)59(46-68)80-67)81-66-63(72)62(71)60(69)58(13)79-66/h24,26,28,30,32,34,36,38,40,42,44,58-73H,14-23,25,27,29,31,33,35,37,39,41,43,45-46H2,1-13H3,(H,74,75)(H,76,77)/p-2/b48-26+,49-28+,50-30-,51-32-,52-34-,53-36-,54-38-,55-40-,56-42-,57-44-/t58-,59+,60-,61-,62+,63+,64+,65-,66-,67+/m0/s1. The van der Waals surface area contributed by atoms with E-state index in [4.69, 9.17) is 18.7 Å². The topological polar surface area (TPSA) is 257 Å². The van der Waals surface area contributed by atoms with E-state index >= 15 is 0 Å². The zero-order valence-electron chi connectivity index (χ0n) is 53.8. The number of phosphoric acid groups is 2. The SMILES string of the molecule is CC(C)=CCC/C(C)=C/CC/C(C)=C/CC/C(C)=C\CC/C(C)=C\CC/C(C)=C\CC/C(C)=C\CC/C(C)=C\CC/C(C)=C\CC/C(C)=C\CC/C(C)=C\COP(=O)([O-])OP(=O)([O-])O[C@H]1O[C@H](CO)[C@H](O)[C@H](O[C@@H]2O[C@@H](C)[C@H](O)[C@@H](O)[C@H]2O)[C@H]1O. The van der Waals surface area contributed by atoms with Gasteiger partial charge in [-0.2, -0.15) is 0 Å². The largest absolute Gasteiger partial charge is 0.756 e. The highest BCUT2D eigenvalue weighted by Gasteiger charge is 2.51. The molecule has 0 aliphatic carbocycles. The maximum Gasteiger partial charge on any atom is 0.276 e. The monoisotopic (exact) mass is 1230 g/mol. The van der Waals surface area contributed by atoms with Crippen molar-refractivity contribution in [3.8, 4) is 0 Å². The Bertz CT molecular complexity index is 2440. The van der Waals surface area contributed by atoms with E-state index in [1.165, 1.54) is 68.7 Å². The van der Waals surface area contributed by atoms with Crippen LogP contribution in [0.2, 0.25) is 0 Å². The second-order valence-corrected chi connectivity index (χ2v) is 27.0. The Labute approximate surface area is 511 Å². The minimum atomic E-state index is -5.88. The first-order valence-electron chi connectivity index (χ1n) is 30.9. The minimum Gasteiger partial charge on any atom is -0.756 e. The van der Waals surface area contributed by atoms with Crippen LogP contribution < -0.4 is 9.79 Å². The van der Waals surface area contributed by atoms with Crippen LogP contribution in [-0.4, -0.2) is 105 Å². The fourth-order valence-corrected chi connectivity index (χ4v) is 11.7. The summed E-state index contributed by atoms with van der Waals surface area (Å²) in [5.41, 5.74) is 15.1. The van der Waals surface area contributed by atoms with Crippen molar-refractivity contribution in [3.63, 3.8) is 0 Å². The summed E-state index contributed by atoms with van der Waals surface area (Å²) in [5, 5.41) is 61.6. The van der Waals surface area contributed by atoms with E-state index in [2.05, 4.69) is 146 Å². The molecule has 486 valence electrons. The van der Waals surface area contributed by atoms with E-state index in [0.29, 0.717) is 12.8 Å². The highest BCUT2D eigenvalue weighted by Crippen LogP contribution is 2.57. The van der Waals surface area contributed by atoms with Gasteiger partial charge in [-0.3, -0.25) is 13.7 Å². The molecule has 0 aromatic rings. The van der Waals surface area contributed by atoms with Crippen LogP contribution in [0, 0.1) is 0 Å². The van der Waals surface area contributed by atoms with Gasteiger partial charge in [-0.15, -0.1) is 0 Å². The fourth-order valence-electron chi connectivity index (χ4n) is 9.67. The van der Waals surface area contributed by atoms with Crippen molar-refractivity contribution in [2.75, 3.05) is 13.2 Å². The van der Waals surface area contributed by atoms with Gasteiger partial charge in [-0.25, -0.2) is 4.31 Å². The van der Waals surface area contributed by atoms with E-state index in [1.807, 2.05) is 0 Å². The normalized spacial score (nSPS) is 26.4. The first-order valence-corrected chi connectivity index (χ1v) is 33.8. The molecular formula is C67H110O16P2-2. The first-order chi connectivity index (χ1) is 40.0. The molecule has 0 spiro atoms. The third kappa shape index (κ3) is 34.6. The molecule has 16 nitrogen and oxygen atoms in total. The summed E-state index contributed by atoms with van der Waals surface area (Å²) in [6, 6.07) is 0. The lowest BCUT2D eigenvalue weighted by molar-refractivity contribution is -0.354. The van der Waals surface area contributed by atoms with E-state index in [9.17, 15) is 49.6 Å². The predicted octanol–water partition coefficient (Wildman–Crippen LogP) is 13.9. The number of phosphoric ester groups is 2. The molecule has 2 unspecified atom stereocenters. The van der Waals surface area contributed by atoms with E-state index < -0.39 is 90.3 Å². The average molecular weight is 1230 g/mol. The lowest BCUT2D eigenvalue weighted by Gasteiger charge is -2.46. The second kappa shape index (κ2) is 42.1. The summed E-state index contributed by atoms with van der Waals surface area (Å²) in [5.74, 6) is 0. The Hall–Kier alpha value is -2.96. The van der Waals surface area contributed by atoms with Gasteiger partial charge in [-0.1, -0.05) is 128 Å². The molecule has 2 aliphatic heterocycles. The van der Waals surface area contributed by atoms with Crippen molar-refractivity contribution < 1.29 is 77.1 Å². The smallest absolute Gasteiger partial charge is 0.276 e. The van der Waals surface area contributed by atoms with E-state index in [0.717, 1.165) is 121 Å². The van der Waals surface area contributed by atoms with Crippen LogP contribution in [0.3, 0.4) is 0 Å². The molecule has 85 heavy (non-hydrogen) atoms. The first kappa shape index (κ1) is 78.1. The number of aliphatic hydroxyl groups excluding tert-OH is 6. The van der Waals surface area contributed by atoms with Crippen molar-refractivity contribution in [2.45, 2.75) is 280 Å². The molecule has 2 saturated heterocycles. The molecule has 12 atom stereocenters. The Morgan fingerprint density at radius 3 is 1.05 bits per heavy atom.